The van der Waals surface area contributed by atoms with Gasteiger partial charge in [-0.2, -0.15) is 0 Å². The molecule has 0 saturated carbocycles. The molecule has 0 aromatic carbocycles. The number of carbonyl (C=O) groups is 2. The van der Waals surface area contributed by atoms with Gasteiger partial charge in [-0.25, -0.2) is 0 Å². The van der Waals surface area contributed by atoms with E-state index in [1.54, 1.807) is 0 Å². The molecule has 1 fully saturated rings. The first-order chi connectivity index (χ1) is 6.11. The van der Waals surface area contributed by atoms with Gasteiger partial charge in [-0.15, -0.1) is 0 Å². The Kier molecular flexibility index (Phi) is 3.39. The number of hydrogen-bond acceptors (Lipinski definition) is 2. The lowest BCUT2D eigenvalue weighted by molar-refractivity contribution is 0.215. The second kappa shape index (κ2) is 4.35. The van der Waals surface area contributed by atoms with E-state index in [9.17, 15) is 9.59 Å². The molecule has 4 nitrogen and oxygen atoms in total. The molecule has 0 N–H and O–H groups in total. The molecule has 0 spiro atoms. The van der Waals surface area contributed by atoms with Gasteiger partial charge in [0.2, 0.25) is 15.7 Å². The lowest BCUT2D eigenvalue weighted by atomic mass is 10.1. The van der Waals surface area contributed by atoms with Crippen molar-refractivity contribution in [2.24, 2.45) is 0 Å². The van der Waals surface area contributed by atoms with Crippen molar-refractivity contribution in [1.82, 2.24) is 9.80 Å². The quantitative estimate of drug-likeness (QED) is 0.469. The maximum absolute atomic E-state index is 10.8. The van der Waals surface area contributed by atoms with Gasteiger partial charge >= 0.3 is 0 Å². The third-order valence-corrected chi connectivity index (χ3v) is 2.12. The molecule has 0 aliphatic carbocycles. The normalized spacial score (nSPS) is 18.2. The highest BCUT2D eigenvalue weighted by molar-refractivity contribution is 6.57. The first kappa shape index (κ1) is 10.2. The van der Waals surface area contributed by atoms with Crippen molar-refractivity contribution < 1.29 is 9.59 Å². The molecule has 6 heteroatoms. The van der Waals surface area contributed by atoms with Gasteiger partial charge in [0.25, 0.3) is 0 Å². The zero-order chi connectivity index (χ0) is 9.84. The Morgan fingerprint density at radius 3 is 1.54 bits per heavy atom. The van der Waals surface area contributed by atoms with Gasteiger partial charge in [-0.3, -0.25) is 9.59 Å². The monoisotopic (exact) mass is 176 g/mol. The first-order valence-electron chi connectivity index (χ1n) is 4.20. The van der Waals surface area contributed by atoms with E-state index >= 15 is 0 Å². The standard InChI is InChI=1S/C7H10B2N2O2/c8-6(12)10-2-1-3-11(5-4-10)7(9)13/h1-5H2. The lowest BCUT2D eigenvalue weighted by Gasteiger charge is -2.20. The van der Waals surface area contributed by atoms with Crippen molar-refractivity contribution in [3.63, 3.8) is 0 Å². The molecule has 13 heavy (non-hydrogen) atoms. The summed E-state index contributed by atoms with van der Waals surface area (Å²) in [6.07, 6.45) is 0.728. The Labute approximate surface area is 80.1 Å². The summed E-state index contributed by atoms with van der Waals surface area (Å²) >= 11 is 0. The molecule has 1 rings (SSSR count). The molecule has 2 amide bonds. The van der Waals surface area contributed by atoms with E-state index in [4.69, 9.17) is 15.7 Å². The van der Waals surface area contributed by atoms with E-state index in [0.29, 0.717) is 26.2 Å². The third-order valence-electron chi connectivity index (χ3n) is 2.12. The smallest absolute Gasteiger partial charge is 0.200 e. The van der Waals surface area contributed by atoms with Crippen LogP contribution in [0.3, 0.4) is 0 Å². The topological polar surface area (TPSA) is 40.6 Å². The van der Waals surface area contributed by atoms with E-state index in [1.165, 1.54) is 9.80 Å². The van der Waals surface area contributed by atoms with Crippen LogP contribution in [0, 0.1) is 0 Å². The van der Waals surface area contributed by atoms with Crippen LogP contribution < -0.4 is 0 Å². The van der Waals surface area contributed by atoms with Gasteiger partial charge in [0, 0.05) is 26.2 Å². The number of nitrogens with zero attached hydrogens (tertiary/aromatic N) is 2. The van der Waals surface area contributed by atoms with Crippen molar-refractivity contribution >= 4 is 27.3 Å². The summed E-state index contributed by atoms with van der Waals surface area (Å²) in [5.41, 5.74) is 0. The Morgan fingerprint density at radius 1 is 0.846 bits per heavy atom. The fourth-order valence-corrected chi connectivity index (χ4v) is 1.36. The molecule has 0 atom stereocenters. The van der Waals surface area contributed by atoms with E-state index in [-0.39, 0.29) is 0 Å². The van der Waals surface area contributed by atoms with E-state index in [1.807, 2.05) is 0 Å². The largest absolute Gasteiger partial charge is 0.351 e. The zero-order valence-electron chi connectivity index (χ0n) is 7.40. The highest BCUT2D eigenvalue weighted by Gasteiger charge is 2.16. The van der Waals surface area contributed by atoms with E-state index in [0.717, 1.165) is 6.42 Å². The summed E-state index contributed by atoms with van der Waals surface area (Å²) in [6, 6.07) is 0. The van der Waals surface area contributed by atoms with Crippen LogP contribution >= 0.6 is 0 Å². The van der Waals surface area contributed by atoms with Crippen molar-refractivity contribution in [3.05, 3.63) is 0 Å². The zero-order valence-corrected chi connectivity index (χ0v) is 7.40. The van der Waals surface area contributed by atoms with Crippen LogP contribution in [0.4, 0.5) is 9.59 Å². The molecule has 4 radical (unpaired) electrons. The molecule has 0 aromatic rings. The summed E-state index contributed by atoms with van der Waals surface area (Å²) in [4.78, 5) is 24.6. The molecule has 1 heterocycles. The predicted molar refractivity (Wildman–Crippen MR) is 50.1 cm³/mol. The minimum atomic E-state index is -0.439. The highest BCUT2D eigenvalue weighted by atomic mass is 16.2. The van der Waals surface area contributed by atoms with Crippen LogP contribution in [-0.2, 0) is 0 Å². The Morgan fingerprint density at radius 2 is 1.23 bits per heavy atom. The van der Waals surface area contributed by atoms with Crippen LogP contribution in [-0.4, -0.2) is 63.3 Å². The molecular formula is C7H10B2N2O2. The summed E-state index contributed by atoms with van der Waals surface area (Å²) in [5, 5.41) is 0. The number of rotatable bonds is 0. The van der Waals surface area contributed by atoms with Crippen LogP contribution in [0.25, 0.3) is 0 Å². The van der Waals surface area contributed by atoms with Gasteiger partial charge in [0.1, 0.15) is 0 Å². The summed E-state index contributed by atoms with van der Waals surface area (Å²) < 4.78 is 0. The Hall–Kier alpha value is -0.930. The highest BCUT2D eigenvalue weighted by Crippen LogP contribution is 2.02. The molecule has 0 unspecified atom stereocenters. The lowest BCUT2D eigenvalue weighted by Crippen LogP contribution is -2.36. The van der Waals surface area contributed by atoms with Crippen molar-refractivity contribution in [2.45, 2.75) is 6.42 Å². The van der Waals surface area contributed by atoms with Crippen LogP contribution in [0.5, 0.6) is 0 Å². The van der Waals surface area contributed by atoms with Crippen LogP contribution in [0.15, 0.2) is 0 Å². The average molecular weight is 176 g/mol. The van der Waals surface area contributed by atoms with Gasteiger partial charge in [-0.05, 0) is 6.42 Å². The van der Waals surface area contributed by atoms with Crippen LogP contribution in [0.1, 0.15) is 6.42 Å². The molecule has 1 aliphatic rings. The van der Waals surface area contributed by atoms with Gasteiger partial charge < -0.3 is 9.80 Å². The summed E-state index contributed by atoms with van der Waals surface area (Å²) in [5.74, 6) is -0.877. The maximum Gasteiger partial charge on any atom is 0.200 e. The minimum absolute atomic E-state index is 0.439. The minimum Gasteiger partial charge on any atom is -0.351 e. The SMILES string of the molecule is [B]C(=O)N1CCCN(C([B])=O)CC1. The Bertz CT molecular complexity index is 201. The van der Waals surface area contributed by atoms with Crippen LogP contribution in [0.2, 0.25) is 0 Å². The van der Waals surface area contributed by atoms with Crippen molar-refractivity contribution in [2.75, 3.05) is 26.2 Å². The summed E-state index contributed by atoms with van der Waals surface area (Å²) in [7, 11) is 10.2. The molecule has 0 aromatic heterocycles. The molecule has 1 aliphatic heterocycles. The molecule has 0 bridgehead atoms. The molecular weight excluding hydrogens is 166 g/mol. The van der Waals surface area contributed by atoms with E-state index < -0.39 is 11.6 Å². The fourth-order valence-electron chi connectivity index (χ4n) is 1.36. The molecule has 66 valence electrons. The van der Waals surface area contributed by atoms with E-state index in [2.05, 4.69) is 0 Å². The fraction of sp³-hybridized carbons (Fsp3) is 0.714. The van der Waals surface area contributed by atoms with Gasteiger partial charge in [0.15, 0.2) is 11.6 Å². The van der Waals surface area contributed by atoms with Crippen molar-refractivity contribution in [1.29, 1.82) is 0 Å². The second-order valence-electron chi connectivity index (χ2n) is 3.00. The number of carbonyl (C=O) groups excluding carboxylic acids is 2. The van der Waals surface area contributed by atoms with Gasteiger partial charge in [-0.1, -0.05) is 0 Å². The average Bonchev–Trinajstić information content (AvgIpc) is 2.27. The predicted octanol–water partition coefficient (Wildman–Crippen LogP) is -0.429. The van der Waals surface area contributed by atoms with Gasteiger partial charge in [0.05, 0.1) is 0 Å². The van der Waals surface area contributed by atoms with Crippen molar-refractivity contribution in [3.8, 4) is 0 Å². The molecule has 1 saturated heterocycles. The Balaban J connectivity index is 2.48. The summed E-state index contributed by atoms with van der Waals surface area (Å²) in [6.45, 7) is 2.13. The maximum atomic E-state index is 10.8. The first-order valence-corrected chi connectivity index (χ1v) is 4.20. The third kappa shape index (κ3) is 2.79. The number of amides is 2. The second-order valence-corrected chi connectivity index (χ2v) is 3.00. The number of hydrogen-bond donors (Lipinski definition) is 0.